The van der Waals surface area contributed by atoms with Crippen LogP contribution in [0.15, 0.2) is 36.8 Å². The van der Waals surface area contributed by atoms with Gasteiger partial charge in [-0.25, -0.2) is 4.98 Å². The minimum atomic E-state index is -4.29. The van der Waals surface area contributed by atoms with Crippen molar-refractivity contribution in [2.45, 2.75) is 56.4 Å². The summed E-state index contributed by atoms with van der Waals surface area (Å²) in [5, 5.41) is 9.41. The largest absolute Gasteiger partial charge is 0.406 e. The van der Waals surface area contributed by atoms with E-state index in [0.717, 1.165) is 48.8 Å². The molecule has 1 aromatic carbocycles. The average molecular weight is 490 g/mol. The summed E-state index contributed by atoms with van der Waals surface area (Å²) in [5.74, 6) is 2.33. The van der Waals surface area contributed by atoms with Crippen molar-refractivity contribution in [3.05, 3.63) is 59.0 Å². The first-order chi connectivity index (χ1) is 16.4. The van der Waals surface area contributed by atoms with Crippen LogP contribution in [0, 0.1) is 0 Å². The topological polar surface area (TPSA) is 63.0 Å². The third-order valence-electron chi connectivity index (χ3n) is 7.32. The molecular weight excluding hydrogens is 467 g/mol. The molecule has 2 fully saturated rings. The van der Waals surface area contributed by atoms with Crippen LogP contribution in [0.4, 0.5) is 19.0 Å². The average Bonchev–Trinajstić information content (AvgIpc) is 3.58. The molecule has 3 aliphatic rings. The molecule has 1 saturated carbocycles. The van der Waals surface area contributed by atoms with Gasteiger partial charge in [0.2, 0.25) is 0 Å². The van der Waals surface area contributed by atoms with Gasteiger partial charge in [0, 0.05) is 43.0 Å². The summed E-state index contributed by atoms with van der Waals surface area (Å²) < 4.78 is 43.9. The lowest BCUT2D eigenvalue weighted by Crippen LogP contribution is -2.47. The summed E-state index contributed by atoms with van der Waals surface area (Å²) >= 11 is 6.26. The van der Waals surface area contributed by atoms with Gasteiger partial charge in [-0.3, -0.25) is 14.5 Å². The lowest BCUT2D eigenvalue weighted by atomic mass is 9.95. The van der Waals surface area contributed by atoms with E-state index in [9.17, 15) is 13.2 Å². The smallest absolute Gasteiger partial charge is 0.355 e. The highest BCUT2D eigenvalue weighted by molar-refractivity contribution is 6.30. The molecule has 6 rings (SSSR count). The second-order valence-corrected chi connectivity index (χ2v) is 9.73. The molecule has 11 heteroatoms. The molecule has 1 saturated heterocycles. The summed E-state index contributed by atoms with van der Waals surface area (Å²) in [6.07, 6.45) is 2.69. The number of nitrogens with zero attached hydrogens (tertiary/aromatic N) is 7. The number of piperidine rings is 1. The number of rotatable bonds is 3. The number of alkyl halides is 3. The third kappa shape index (κ3) is 3.54. The van der Waals surface area contributed by atoms with Crippen LogP contribution in [0.25, 0.3) is 5.69 Å². The lowest BCUT2D eigenvalue weighted by molar-refractivity contribution is -0.200. The van der Waals surface area contributed by atoms with Crippen LogP contribution in [0.1, 0.15) is 48.8 Å². The van der Waals surface area contributed by atoms with Crippen molar-refractivity contribution in [3.8, 4) is 5.69 Å². The highest BCUT2D eigenvalue weighted by Crippen LogP contribution is 2.55. The maximum atomic E-state index is 14.0. The molecule has 34 heavy (non-hydrogen) atoms. The van der Waals surface area contributed by atoms with Crippen molar-refractivity contribution in [2.24, 2.45) is 0 Å². The van der Waals surface area contributed by atoms with Gasteiger partial charge in [0.25, 0.3) is 0 Å². The van der Waals surface area contributed by atoms with E-state index >= 15 is 0 Å². The van der Waals surface area contributed by atoms with Gasteiger partial charge in [-0.1, -0.05) is 11.6 Å². The molecule has 0 atom stereocenters. The van der Waals surface area contributed by atoms with Crippen LogP contribution in [-0.4, -0.2) is 54.4 Å². The molecule has 0 unspecified atom stereocenters. The fourth-order valence-electron chi connectivity index (χ4n) is 5.31. The summed E-state index contributed by atoms with van der Waals surface area (Å²) in [5.41, 5.74) is -0.216. The molecule has 0 bridgehead atoms. The minimum Gasteiger partial charge on any atom is -0.355 e. The Kier molecular flexibility index (Phi) is 5.07. The van der Waals surface area contributed by atoms with Gasteiger partial charge in [0.1, 0.15) is 17.2 Å². The van der Waals surface area contributed by atoms with E-state index < -0.39 is 11.7 Å². The quantitative estimate of drug-likeness (QED) is 0.539. The first-order valence-electron chi connectivity index (χ1n) is 11.4. The van der Waals surface area contributed by atoms with Gasteiger partial charge in [-0.15, -0.1) is 10.2 Å². The number of benzene rings is 1. The molecule has 0 N–H and O–H groups in total. The highest BCUT2D eigenvalue weighted by Gasteiger charge is 2.66. The van der Waals surface area contributed by atoms with Crippen molar-refractivity contribution in [1.82, 2.24) is 29.6 Å². The molecule has 0 radical (unpaired) electrons. The number of hydrogen-bond donors (Lipinski definition) is 0. The Labute approximate surface area is 199 Å². The predicted octanol–water partition coefficient (Wildman–Crippen LogP) is 4.51. The zero-order valence-electron chi connectivity index (χ0n) is 18.3. The molecule has 0 spiro atoms. The Hall–Kier alpha value is -2.72. The fourth-order valence-corrected chi connectivity index (χ4v) is 5.51. The first kappa shape index (κ1) is 21.8. The molecule has 1 aliphatic carbocycles. The SMILES string of the molecule is FC(F)(F)C1(N2Cc3cc(Cl)ccc3-n3c(nnc3C3CCN(c4cnccn4)CC3)C2)CC1. The summed E-state index contributed by atoms with van der Waals surface area (Å²) in [4.78, 5) is 12.2. The maximum Gasteiger partial charge on any atom is 0.406 e. The van der Waals surface area contributed by atoms with E-state index in [0.29, 0.717) is 10.8 Å². The van der Waals surface area contributed by atoms with Gasteiger partial charge in [0.05, 0.1) is 18.4 Å². The molecule has 2 aliphatic heterocycles. The summed E-state index contributed by atoms with van der Waals surface area (Å²) in [6.45, 7) is 1.85. The molecule has 178 valence electrons. The third-order valence-corrected chi connectivity index (χ3v) is 7.56. The van der Waals surface area contributed by atoms with Crippen molar-refractivity contribution in [1.29, 1.82) is 0 Å². The van der Waals surface area contributed by atoms with E-state index in [1.165, 1.54) is 4.90 Å². The summed E-state index contributed by atoms with van der Waals surface area (Å²) in [6, 6.07) is 5.42. The second kappa shape index (κ2) is 7.91. The number of hydrogen-bond acceptors (Lipinski definition) is 6. The van der Waals surface area contributed by atoms with Crippen molar-refractivity contribution >= 4 is 17.4 Å². The standard InChI is InChI=1S/C23H23ClF3N7/c24-17-1-2-18-16(11-17)13-33(22(5-6-22)23(25,26)27)14-20-30-31-21(34(18)20)15-3-9-32(10-4-15)19-12-28-7-8-29-19/h1-2,7-8,11-12,15H,3-6,9-10,13-14H2. The van der Waals surface area contributed by atoms with E-state index in [1.807, 2.05) is 10.6 Å². The zero-order valence-corrected chi connectivity index (χ0v) is 19.1. The normalized spacial score (nSPS) is 20.5. The molecule has 3 aromatic rings. The van der Waals surface area contributed by atoms with Crippen molar-refractivity contribution in [3.63, 3.8) is 0 Å². The number of fused-ring (bicyclic) bond motifs is 3. The minimum absolute atomic E-state index is 0.0945. The van der Waals surface area contributed by atoms with Gasteiger partial charge in [-0.05, 0) is 49.4 Å². The van der Waals surface area contributed by atoms with Crippen LogP contribution >= 0.6 is 11.6 Å². The molecule has 4 heterocycles. The van der Waals surface area contributed by atoms with Crippen molar-refractivity contribution in [2.75, 3.05) is 18.0 Å². The Morgan fingerprint density at radius 3 is 2.50 bits per heavy atom. The van der Waals surface area contributed by atoms with E-state index in [-0.39, 0.29) is 31.8 Å². The number of halogens is 4. The monoisotopic (exact) mass is 489 g/mol. The predicted molar refractivity (Wildman–Crippen MR) is 120 cm³/mol. The second-order valence-electron chi connectivity index (χ2n) is 9.29. The molecular formula is C23H23ClF3N7. The van der Waals surface area contributed by atoms with Crippen LogP contribution < -0.4 is 4.90 Å². The molecule has 0 amide bonds. The van der Waals surface area contributed by atoms with Crippen LogP contribution in [0.2, 0.25) is 5.02 Å². The van der Waals surface area contributed by atoms with E-state index in [4.69, 9.17) is 11.6 Å². The number of aromatic nitrogens is 5. The first-order valence-corrected chi connectivity index (χ1v) is 11.8. The Morgan fingerprint density at radius 2 is 1.82 bits per heavy atom. The fraction of sp³-hybridized carbons (Fsp3) is 0.478. The highest BCUT2D eigenvalue weighted by atomic mass is 35.5. The van der Waals surface area contributed by atoms with Gasteiger partial charge in [0.15, 0.2) is 5.82 Å². The van der Waals surface area contributed by atoms with Crippen molar-refractivity contribution < 1.29 is 13.2 Å². The van der Waals surface area contributed by atoms with Gasteiger partial charge in [-0.2, -0.15) is 13.2 Å². The lowest BCUT2D eigenvalue weighted by Gasteiger charge is -2.32. The van der Waals surface area contributed by atoms with Gasteiger partial charge < -0.3 is 4.90 Å². The Morgan fingerprint density at radius 1 is 1.03 bits per heavy atom. The van der Waals surface area contributed by atoms with Crippen LogP contribution in [0.5, 0.6) is 0 Å². The number of anilines is 1. The zero-order chi connectivity index (χ0) is 23.5. The van der Waals surface area contributed by atoms with Gasteiger partial charge >= 0.3 is 6.18 Å². The Balaban J connectivity index is 1.34. The van der Waals surface area contributed by atoms with E-state index in [1.54, 1.807) is 30.7 Å². The Bertz CT molecular complexity index is 1200. The summed E-state index contributed by atoms with van der Waals surface area (Å²) in [7, 11) is 0. The van der Waals surface area contributed by atoms with Crippen LogP contribution in [-0.2, 0) is 13.1 Å². The maximum absolute atomic E-state index is 14.0. The van der Waals surface area contributed by atoms with Crippen LogP contribution in [0.3, 0.4) is 0 Å². The van der Waals surface area contributed by atoms with E-state index in [2.05, 4.69) is 25.1 Å². The molecule has 2 aromatic heterocycles. The molecule has 7 nitrogen and oxygen atoms in total.